The molecular weight excluding hydrogens is 208 g/mol. The standard InChI is InChI=1S/C15H30N2/c1-11-9-15(2,3)10-14(11)17(4)13-7-5-12(16)6-8-13/h11-14H,5-10,16H2,1-4H3. The molecular formula is C15H30N2. The summed E-state index contributed by atoms with van der Waals surface area (Å²) in [5.41, 5.74) is 6.55. The average molecular weight is 238 g/mol. The Morgan fingerprint density at radius 2 is 1.65 bits per heavy atom. The summed E-state index contributed by atoms with van der Waals surface area (Å²) in [7, 11) is 2.35. The third-order valence-electron chi connectivity index (χ3n) is 5.13. The van der Waals surface area contributed by atoms with Crippen LogP contribution in [0.2, 0.25) is 0 Å². The number of nitrogens with two attached hydrogens (primary N) is 1. The van der Waals surface area contributed by atoms with Gasteiger partial charge in [-0.3, -0.25) is 0 Å². The Kier molecular flexibility index (Phi) is 3.84. The summed E-state index contributed by atoms with van der Waals surface area (Å²) in [6.45, 7) is 7.28. The highest BCUT2D eigenvalue weighted by molar-refractivity contribution is 4.94. The highest BCUT2D eigenvalue weighted by Crippen LogP contribution is 2.44. The van der Waals surface area contributed by atoms with E-state index in [4.69, 9.17) is 5.73 Å². The van der Waals surface area contributed by atoms with Crippen LogP contribution >= 0.6 is 0 Å². The molecule has 2 N–H and O–H groups in total. The van der Waals surface area contributed by atoms with Gasteiger partial charge in [-0.05, 0) is 56.9 Å². The molecule has 0 heterocycles. The second-order valence-corrected chi connectivity index (χ2v) is 7.35. The monoisotopic (exact) mass is 238 g/mol. The minimum absolute atomic E-state index is 0.470. The molecule has 2 fully saturated rings. The van der Waals surface area contributed by atoms with Crippen molar-refractivity contribution in [1.82, 2.24) is 4.90 Å². The zero-order valence-corrected chi connectivity index (χ0v) is 12.1. The van der Waals surface area contributed by atoms with Crippen molar-refractivity contribution < 1.29 is 0 Å². The van der Waals surface area contributed by atoms with Gasteiger partial charge in [-0.15, -0.1) is 0 Å². The summed E-state index contributed by atoms with van der Waals surface area (Å²) in [4.78, 5) is 2.69. The summed E-state index contributed by atoms with van der Waals surface area (Å²) in [6, 6.07) is 2.05. The first-order valence-corrected chi connectivity index (χ1v) is 7.36. The van der Waals surface area contributed by atoms with E-state index in [1.165, 1.54) is 38.5 Å². The van der Waals surface area contributed by atoms with E-state index in [0.29, 0.717) is 11.5 Å². The Hall–Kier alpha value is -0.0800. The third kappa shape index (κ3) is 3.03. The fraction of sp³-hybridized carbons (Fsp3) is 1.00. The molecule has 2 heteroatoms. The largest absolute Gasteiger partial charge is 0.328 e. The van der Waals surface area contributed by atoms with Crippen LogP contribution in [0.4, 0.5) is 0 Å². The van der Waals surface area contributed by atoms with E-state index in [9.17, 15) is 0 Å². The molecule has 2 nitrogen and oxygen atoms in total. The van der Waals surface area contributed by atoms with Crippen LogP contribution in [0.3, 0.4) is 0 Å². The molecule has 2 aliphatic carbocycles. The first-order valence-electron chi connectivity index (χ1n) is 7.36. The maximum atomic E-state index is 6.00. The van der Waals surface area contributed by atoms with E-state index >= 15 is 0 Å². The highest BCUT2D eigenvalue weighted by Gasteiger charge is 2.40. The molecule has 0 spiro atoms. The van der Waals surface area contributed by atoms with Crippen molar-refractivity contribution in [3.63, 3.8) is 0 Å². The summed E-state index contributed by atoms with van der Waals surface area (Å²) >= 11 is 0. The minimum Gasteiger partial charge on any atom is -0.328 e. The van der Waals surface area contributed by atoms with Gasteiger partial charge in [0.1, 0.15) is 0 Å². The van der Waals surface area contributed by atoms with Crippen LogP contribution in [-0.2, 0) is 0 Å². The van der Waals surface area contributed by atoms with Gasteiger partial charge in [0.25, 0.3) is 0 Å². The van der Waals surface area contributed by atoms with Gasteiger partial charge in [-0.2, -0.15) is 0 Å². The zero-order chi connectivity index (χ0) is 12.6. The lowest BCUT2D eigenvalue weighted by molar-refractivity contribution is 0.109. The van der Waals surface area contributed by atoms with Crippen LogP contribution in [-0.4, -0.2) is 30.1 Å². The maximum Gasteiger partial charge on any atom is 0.0126 e. The normalized spacial score (nSPS) is 42.0. The van der Waals surface area contributed by atoms with Crippen molar-refractivity contribution in [1.29, 1.82) is 0 Å². The quantitative estimate of drug-likeness (QED) is 0.801. The van der Waals surface area contributed by atoms with Gasteiger partial charge in [0.15, 0.2) is 0 Å². The van der Waals surface area contributed by atoms with Gasteiger partial charge < -0.3 is 10.6 Å². The Morgan fingerprint density at radius 3 is 2.12 bits per heavy atom. The van der Waals surface area contributed by atoms with Crippen LogP contribution in [0.1, 0.15) is 59.3 Å². The Labute approximate surface area is 107 Å². The summed E-state index contributed by atoms with van der Waals surface area (Å²) in [6.07, 6.45) is 7.81. The Morgan fingerprint density at radius 1 is 1.06 bits per heavy atom. The maximum absolute atomic E-state index is 6.00. The van der Waals surface area contributed by atoms with Crippen LogP contribution in [0.5, 0.6) is 0 Å². The van der Waals surface area contributed by atoms with Crippen LogP contribution in [0.25, 0.3) is 0 Å². The second kappa shape index (κ2) is 4.89. The molecule has 0 aromatic rings. The second-order valence-electron chi connectivity index (χ2n) is 7.35. The molecule has 2 atom stereocenters. The first-order chi connectivity index (χ1) is 7.89. The predicted octanol–water partition coefficient (Wildman–Crippen LogP) is 3.01. The van der Waals surface area contributed by atoms with Gasteiger partial charge in [-0.25, -0.2) is 0 Å². The number of rotatable bonds is 2. The molecule has 2 unspecified atom stereocenters. The minimum atomic E-state index is 0.470. The molecule has 2 saturated carbocycles. The molecule has 0 aromatic carbocycles. The van der Waals surface area contributed by atoms with E-state index in [0.717, 1.165) is 18.0 Å². The first kappa shape index (κ1) is 13.4. The molecule has 0 saturated heterocycles. The van der Waals surface area contributed by atoms with Crippen molar-refractivity contribution in [2.45, 2.75) is 77.4 Å². The lowest BCUT2D eigenvalue weighted by Crippen LogP contribution is -2.45. The number of nitrogens with zero attached hydrogens (tertiary/aromatic N) is 1. The molecule has 0 aliphatic heterocycles. The Balaban J connectivity index is 1.93. The van der Waals surface area contributed by atoms with Gasteiger partial charge in [-0.1, -0.05) is 20.8 Å². The highest BCUT2D eigenvalue weighted by atomic mass is 15.2. The van der Waals surface area contributed by atoms with Gasteiger partial charge >= 0.3 is 0 Å². The molecule has 17 heavy (non-hydrogen) atoms. The van der Waals surface area contributed by atoms with Crippen LogP contribution < -0.4 is 5.73 Å². The SMILES string of the molecule is CC1CC(C)(C)CC1N(C)C1CCC(N)CC1. The topological polar surface area (TPSA) is 29.3 Å². The van der Waals surface area contributed by atoms with E-state index in [2.05, 4.69) is 32.7 Å². The Bertz CT molecular complexity index is 254. The lowest BCUT2D eigenvalue weighted by Gasteiger charge is -2.39. The third-order valence-corrected chi connectivity index (χ3v) is 5.13. The fourth-order valence-electron chi connectivity index (χ4n) is 4.18. The molecule has 2 rings (SSSR count). The average Bonchev–Trinajstić information content (AvgIpc) is 2.52. The molecule has 0 radical (unpaired) electrons. The molecule has 100 valence electrons. The van der Waals surface area contributed by atoms with Crippen molar-refractivity contribution >= 4 is 0 Å². The smallest absolute Gasteiger partial charge is 0.0126 e. The number of hydrogen-bond donors (Lipinski definition) is 1. The fourth-order valence-corrected chi connectivity index (χ4v) is 4.18. The van der Waals surface area contributed by atoms with Crippen molar-refractivity contribution in [2.75, 3.05) is 7.05 Å². The molecule has 2 aliphatic rings. The van der Waals surface area contributed by atoms with Gasteiger partial charge in [0.05, 0.1) is 0 Å². The van der Waals surface area contributed by atoms with Crippen LogP contribution in [0.15, 0.2) is 0 Å². The number of hydrogen-bond acceptors (Lipinski definition) is 2. The van der Waals surface area contributed by atoms with E-state index in [1.807, 2.05) is 0 Å². The molecule has 0 aromatic heterocycles. The van der Waals surface area contributed by atoms with Crippen molar-refractivity contribution in [2.24, 2.45) is 17.1 Å². The summed E-state index contributed by atoms with van der Waals surface area (Å²) in [5, 5.41) is 0. The van der Waals surface area contributed by atoms with Crippen molar-refractivity contribution in [3.8, 4) is 0 Å². The predicted molar refractivity (Wildman–Crippen MR) is 74.0 cm³/mol. The zero-order valence-electron chi connectivity index (χ0n) is 12.1. The van der Waals surface area contributed by atoms with Gasteiger partial charge in [0, 0.05) is 18.1 Å². The summed E-state index contributed by atoms with van der Waals surface area (Å²) < 4.78 is 0. The lowest BCUT2D eigenvalue weighted by atomic mass is 9.89. The van der Waals surface area contributed by atoms with E-state index in [1.54, 1.807) is 0 Å². The molecule has 0 amide bonds. The molecule has 0 bridgehead atoms. The van der Waals surface area contributed by atoms with Crippen LogP contribution in [0, 0.1) is 11.3 Å². The summed E-state index contributed by atoms with van der Waals surface area (Å²) in [5.74, 6) is 0.852. The van der Waals surface area contributed by atoms with E-state index in [-0.39, 0.29) is 0 Å². The van der Waals surface area contributed by atoms with Crippen molar-refractivity contribution in [3.05, 3.63) is 0 Å². The van der Waals surface area contributed by atoms with Gasteiger partial charge in [0.2, 0.25) is 0 Å². The van der Waals surface area contributed by atoms with E-state index < -0.39 is 0 Å².